The lowest BCUT2D eigenvalue weighted by Gasteiger charge is -2.60. The van der Waals surface area contributed by atoms with Crippen LogP contribution in [0.5, 0.6) is 0 Å². The standard InChI is InChI=1S/C13H23NO/c1-2-3-14-12-5-10-4-11(6-12)8-13(15,7-10)9-12/h10-11,14-15H,2-9H2,1H3. The molecule has 0 heterocycles. The zero-order valence-electron chi connectivity index (χ0n) is 9.76. The van der Waals surface area contributed by atoms with E-state index >= 15 is 0 Å². The number of hydrogen-bond acceptors (Lipinski definition) is 2. The number of rotatable bonds is 3. The van der Waals surface area contributed by atoms with Gasteiger partial charge in [-0.3, -0.25) is 0 Å². The van der Waals surface area contributed by atoms with Gasteiger partial charge in [0.2, 0.25) is 0 Å². The van der Waals surface area contributed by atoms with E-state index in [2.05, 4.69) is 12.2 Å². The second kappa shape index (κ2) is 3.21. The predicted octanol–water partition coefficient (Wildman–Crippen LogP) is 2.07. The summed E-state index contributed by atoms with van der Waals surface area (Å²) in [6, 6.07) is 0. The summed E-state index contributed by atoms with van der Waals surface area (Å²) in [5.41, 5.74) is 0.0136. The molecule has 2 N–H and O–H groups in total. The first-order valence-electron chi connectivity index (χ1n) is 6.61. The van der Waals surface area contributed by atoms with Crippen molar-refractivity contribution in [3.05, 3.63) is 0 Å². The minimum Gasteiger partial charge on any atom is -0.390 e. The van der Waals surface area contributed by atoms with Crippen LogP contribution < -0.4 is 5.32 Å². The van der Waals surface area contributed by atoms with Crippen LogP contribution in [0.2, 0.25) is 0 Å². The molecule has 0 radical (unpaired) electrons. The van der Waals surface area contributed by atoms with Gasteiger partial charge in [-0.15, -0.1) is 0 Å². The van der Waals surface area contributed by atoms with Crippen LogP contribution in [0.15, 0.2) is 0 Å². The fourth-order valence-corrected chi connectivity index (χ4v) is 4.81. The second-order valence-electron chi connectivity index (χ2n) is 6.39. The van der Waals surface area contributed by atoms with Gasteiger partial charge >= 0.3 is 0 Å². The lowest BCUT2D eigenvalue weighted by Crippen LogP contribution is -2.64. The summed E-state index contributed by atoms with van der Waals surface area (Å²) in [7, 11) is 0. The summed E-state index contributed by atoms with van der Waals surface area (Å²) in [4.78, 5) is 0. The molecule has 2 heteroatoms. The molecule has 15 heavy (non-hydrogen) atoms. The number of aliphatic hydroxyl groups is 1. The molecule has 0 saturated heterocycles. The molecule has 0 amide bonds. The van der Waals surface area contributed by atoms with Gasteiger partial charge in [0.25, 0.3) is 0 Å². The van der Waals surface area contributed by atoms with Crippen molar-refractivity contribution in [1.29, 1.82) is 0 Å². The Morgan fingerprint density at radius 3 is 2.40 bits per heavy atom. The molecule has 0 aliphatic heterocycles. The minimum atomic E-state index is -0.301. The fourth-order valence-electron chi connectivity index (χ4n) is 4.81. The van der Waals surface area contributed by atoms with Crippen molar-refractivity contribution in [2.45, 2.75) is 63.0 Å². The van der Waals surface area contributed by atoms with Gasteiger partial charge in [-0.2, -0.15) is 0 Å². The van der Waals surface area contributed by atoms with Gasteiger partial charge in [-0.1, -0.05) is 6.92 Å². The highest BCUT2D eigenvalue weighted by Gasteiger charge is 2.56. The highest BCUT2D eigenvalue weighted by molar-refractivity contribution is 5.12. The van der Waals surface area contributed by atoms with Gasteiger partial charge in [0.1, 0.15) is 0 Å². The summed E-state index contributed by atoms with van der Waals surface area (Å²) in [5, 5.41) is 14.3. The highest BCUT2D eigenvalue weighted by atomic mass is 16.3. The summed E-state index contributed by atoms with van der Waals surface area (Å²) < 4.78 is 0. The first-order chi connectivity index (χ1) is 7.13. The highest BCUT2D eigenvalue weighted by Crippen LogP contribution is 2.57. The third kappa shape index (κ3) is 1.62. The molecule has 2 unspecified atom stereocenters. The first-order valence-corrected chi connectivity index (χ1v) is 6.61. The van der Waals surface area contributed by atoms with Crippen LogP contribution in [-0.4, -0.2) is 22.8 Å². The van der Waals surface area contributed by atoms with Crippen molar-refractivity contribution in [2.24, 2.45) is 11.8 Å². The molecule has 2 atom stereocenters. The molecule has 0 aromatic rings. The van der Waals surface area contributed by atoms with E-state index < -0.39 is 0 Å². The molecule has 86 valence electrons. The Bertz CT molecular complexity index is 249. The quantitative estimate of drug-likeness (QED) is 0.746. The molecular weight excluding hydrogens is 186 g/mol. The van der Waals surface area contributed by atoms with Crippen LogP contribution in [0.3, 0.4) is 0 Å². The summed E-state index contributed by atoms with van der Waals surface area (Å²) in [5.74, 6) is 1.61. The van der Waals surface area contributed by atoms with Gasteiger partial charge in [0.05, 0.1) is 5.60 Å². The number of hydrogen-bond donors (Lipinski definition) is 2. The van der Waals surface area contributed by atoms with Crippen LogP contribution in [0.1, 0.15) is 51.9 Å². The molecular formula is C13H23NO. The van der Waals surface area contributed by atoms with E-state index in [0.29, 0.717) is 5.54 Å². The number of nitrogens with one attached hydrogen (secondary N) is 1. The SMILES string of the molecule is CCCNC12CC3CC(CC(O)(C3)C1)C2. The Labute approximate surface area is 92.4 Å². The Balaban J connectivity index is 1.80. The monoisotopic (exact) mass is 209 g/mol. The maximum atomic E-state index is 10.5. The van der Waals surface area contributed by atoms with Gasteiger partial charge in [-0.25, -0.2) is 0 Å². The molecule has 4 bridgehead atoms. The van der Waals surface area contributed by atoms with Crippen molar-refractivity contribution in [3.63, 3.8) is 0 Å². The van der Waals surface area contributed by atoms with Crippen molar-refractivity contribution in [3.8, 4) is 0 Å². The Morgan fingerprint density at radius 1 is 1.20 bits per heavy atom. The Kier molecular flexibility index (Phi) is 2.16. The average molecular weight is 209 g/mol. The first kappa shape index (κ1) is 10.1. The van der Waals surface area contributed by atoms with Crippen LogP contribution in [0.4, 0.5) is 0 Å². The van der Waals surface area contributed by atoms with Crippen LogP contribution in [0, 0.1) is 11.8 Å². The molecule has 4 fully saturated rings. The van der Waals surface area contributed by atoms with Crippen LogP contribution in [0.25, 0.3) is 0 Å². The van der Waals surface area contributed by atoms with Gasteiger partial charge in [-0.05, 0) is 63.3 Å². The maximum absolute atomic E-state index is 10.5. The van der Waals surface area contributed by atoms with Crippen LogP contribution >= 0.6 is 0 Å². The fraction of sp³-hybridized carbons (Fsp3) is 1.00. The van der Waals surface area contributed by atoms with Crippen molar-refractivity contribution in [1.82, 2.24) is 5.32 Å². The largest absolute Gasteiger partial charge is 0.390 e. The van der Waals surface area contributed by atoms with E-state index in [0.717, 1.165) is 37.6 Å². The molecule has 0 aromatic carbocycles. The summed E-state index contributed by atoms with van der Waals surface area (Å²) in [6.45, 7) is 3.34. The smallest absolute Gasteiger partial charge is 0.0670 e. The Hall–Kier alpha value is -0.0800. The molecule has 4 saturated carbocycles. The minimum absolute atomic E-state index is 0.301. The van der Waals surface area contributed by atoms with E-state index in [1.165, 1.54) is 25.7 Å². The molecule has 4 aliphatic carbocycles. The molecule has 4 aliphatic rings. The van der Waals surface area contributed by atoms with Gasteiger partial charge in [0.15, 0.2) is 0 Å². The van der Waals surface area contributed by atoms with Crippen molar-refractivity contribution in [2.75, 3.05) is 6.54 Å². The summed E-state index contributed by atoms with van der Waals surface area (Å²) in [6.07, 6.45) is 8.43. The predicted molar refractivity (Wildman–Crippen MR) is 60.7 cm³/mol. The topological polar surface area (TPSA) is 32.3 Å². The van der Waals surface area contributed by atoms with Crippen molar-refractivity contribution < 1.29 is 5.11 Å². The molecule has 4 rings (SSSR count). The third-order valence-electron chi connectivity index (χ3n) is 4.78. The van der Waals surface area contributed by atoms with E-state index in [1.807, 2.05) is 0 Å². The molecule has 0 aromatic heterocycles. The molecule has 2 nitrogen and oxygen atoms in total. The third-order valence-corrected chi connectivity index (χ3v) is 4.78. The average Bonchev–Trinajstić information content (AvgIpc) is 2.10. The lowest BCUT2D eigenvalue weighted by molar-refractivity contribution is -0.142. The second-order valence-corrected chi connectivity index (χ2v) is 6.39. The van der Waals surface area contributed by atoms with E-state index in [1.54, 1.807) is 0 Å². The van der Waals surface area contributed by atoms with Crippen molar-refractivity contribution >= 4 is 0 Å². The zero-order chi connectivity index (χ0) is 10.5. The van der Waals surface area contributed by atoms with Crippen LogP contribution in [-0.2, 0) is 0 Å². The van der Waals surface area contributed by atoms with E-state index in [9.17, 15) is 5.11 Å². The van der Waals surface area contributed by atoms with E-state index in [-0.39, 0.29) is 5.60 Å². The Morgan fingerprint density at radius 2 is 1.87 bits per heavy atom. The van der Waals surface area contributed by atoms with Gasteiger partial charge in [0, 0.05) is 5.54 Å². The molecule has 0 spiro atoms. The summed E-state index contributed by atoms with van der Waals surface area (Å²) >= 11 is 0. The maximum Gasteiger partial charge on any atom is 0.0670 e. The lowest BCUT2D eigenvalue weighted by atomic mass is 9.51. The van der Waals surface area contributed by atoms with E-state index in [4.69, 9.17) is 0 Å². The van der Waals surface area contributed by atoms with Gasteiger partial charge < -0.3 is 10.4 Å². The normalized spacial score (nSPS) is 52.4. The zero-order valence-corrected chi connectivity index (χ0v) is 9.76.